The maximum Gasteiger partial charge on any atom is 0.287 e. The van der Waals surface area contributed by atoms with Crippen molar-refractivity contribution in [3.05, 3.63) is 28.4 Å². The molecular weight excluding hydrogens is 240 g/mol. The van der Waals surface area contributed by atoms with E-state index in [1.807, 2.05) is 13.8 Å². The molecule has 98 valence electrons. The van der Waals surface area contributed by atoms with Gasteiger partial charge in [-0.05, 0) is 13.8 Å². The molecule has 1 saturated heterocycles. The molecule has 0 radical (unpaired) electrons. The van der Waals surface area contributed by atoms with Crippen LogP contribution in [0.15, 0.2) is 18.3 Å². The summed E-state index contributed by atoms with van der Waals surface area (Å²) in [5.74, 6) is -0.259. The number of nitrogens with zero attached hydrogens (tertiary/aromatic N) is 2. The Bertz CT molecular complexity index is 432. The lowest BCUT2D eigenvalue weighted by molar-refractivity contribution is -0.385. The van der Waals surface area contributed by atoms with Gasteiger partial charge in [0.2, 0.25) is 5.88 Å². The Kier molecular flexibility index (Phi) is 3.44. The van der Waals surface area contributed by atoms with Crippen molar-refractivity contribution < 1.29 is 19.1 Å². The van der Waals surface area contributed by atoms with Gasteiger partial charge in [-0.15, -0.1) is 0 Å². The highest BCUT2D eigenvalue weighted by Crippen LogP contribution is 2.23. The number of nitro groups is 1. The molecule has 0 amide bonds. The molecule has 1 aliphatic rings. The van der Waals surface area contributed by atoms with E-state index in [1.165, 1.54) is 12.1 Å². The molecule has 0 spiro atoms. The molecule has 0 unspecified atom stereocenters. The maximum atomic E-state index is 10.4. The van der Waals surface area contributed by atoms with Gasteiger partial charge < -0.3 is 14.2 Å². The summed E-state index contributed by atoms with van der Waals surface area (Å²) in [5.41, 5.74) is -0.0658. The highest BCUT2D eigenvalue weighted by Gasteiger charge is 2.33. The summed E-state index contributed by atoms with van der Waals surface area (Å²) in [7, 11) is 0. The van der Waals surface area contributed by atoms with Crippen LogP contribution < -0.4 is 4.74 Å². The van der Waals surface area contributed by atoms with Crippen LogP contribution in [-0.4, -0.2) is 35.0 Å². The first-order chi connectivity index (χ1) is 8.46. The molecule has 0 aliphatic carbocycles. The molecule has 1 aliphatic heterocycles. The minimum absolute atomic E-state index is 0.0658. The molecule has 0 bridgehead atoms. The predicted molar refractivity (Wildman–Crippen MR) is 61.3 cm³/mol. The molecule has 7 nitrogen and oxygen atoms in total. The fraction of sp³-hybridized carbons (Fsp3) is 0.545. The summed E-state index contributed by atoms with van der Waals surface area (Å²) in [6, 6.07) is 2.80. The van der Waals surface area contributed by atoms with Gasteiger partial charge in [0.15, 0.2) is 5.79 Å². The molecule has 1 aromatic heterocycles. The minimum atomic E-state index is -0.586. The van der Waals surface area contributed by atoms with E-state index >= 15 is 0 Å². The molecule has 0 saturated carbocycles. The van der Waals surface area contributed by atoms with Gasteiger partial charge >= 0.3 is 0 Å². The van der Waals surface area contributed by atoms with E-state index in [0.29, 0.717) is 19.1 Å². The van der Waals surface area contributed by atoms with E-state index in [0.717, 1.165) is 6.20 Å². The molecular formula is C11H14N2O5. The molecule has 7 heteroatoms. The van der Waals surface area contributed by atoms with Crippen LogP contribution in [0.3, 0.4) is 0 Å². The summed E-state index contributed by atoms with van der Waals surface area (Å²) in [6.45, 7) is 4.42. The van der Waals surface area contributed by atoms with Crippen molar-refractivity contribution in [2.24, 2.45) is 0 Å². The SMILES string of the molecule is CC1(C)OC[C@@H](COc2ccc([N+](=O)[O-])cn2)O1. The second-order valence-electron chi connectivity index (χ2n) is 4.37. The van der Waals surface area contributed by atoms with Gasteiger partial charge in [0.05, 0.1) is 11.5 Å². The highest BCUT2D eigenvalue weighted by molar-refractivity contribution is 5.28. The molecule has 18 heavy (non-hydrogen) atoms. The number of aromatic nitrogens is 1. The van der Waals surface area contributed by atoms with Gasteiger partial charge in [-0.3, -0.25) is 10.1 Å². The zero-order valence-electron chi connectivity index (χ0n) is 10.2. The average Bonchev–Trinajstić information content (AvgIpc) is 2.67. The molecule has 1 aromatic rings. The predicted octanol–water partition coefficient (Wildman–Crippen LogP) is 1.52. The van der Waals surface area contributed by atoms with Crippen LogP contribution in [0, 0.1) is 10.1 Å². The van der Waals surface area contributed by atoms with Crippen LogP contribution in [0.5, 0.6) is 5.88 Å². The largest absolute Gasteiger partial charge is 0.475 e. The number of hydrogen-bond donors (Lipinski definition) is 0. The van der Waals surface area contributed by atoms with Gasteiger partial charge in [-0.1, -0.05) is 0 Å². The first-order valence-corrected chi connectivity index (χ1v) is 5.51. The van der Waals surface area contributed by atoms with E-state index in [9.17, 15) is 10.1 Å². The van der Waals surface area contributed by atoms with Gasteiger partial charge in [0.1, 0.15) is 18.9 Å². The Labute approximate surface area is 104 Å². The Balaban J connectivity index is 1.85. The van der Waals surface area contributed by atoms with Gasteiger partial charge in [-0.2, -0.15) is 0 Å². The van der Waals surface area contributed by atoms with Crippen molar-refractivity contribution in [2.45, 2.75) is 25.7 Å². The van der Waals surface area contributed by atoms with E-state index in [1.54, 1.807) is 0 Å². The lowest BCUT2D eigenvalue weighted by atomic mass is 10.4. The third kappa shape index (κ3) is 3.14. The number of ether oxygens (including phenoxy) is 3. The molecule has 2 rings (SSSR count). The lowest BCUT2D eigenvalue weighted by Crippen LogP contribution is -2.25. The number of pyridine rings is 1. The van der Waals surface area contributed by atoms with E-state index < -0.39 is 10.7 Å². The zero-order chi connectivity index (χ0) is 13.2. The number of hydrogen-bond acceptors (Lipinski definition) is 6. The smallest absolute Gasteiger partial charge is 0.287 e. The fourth-order valence-corrected chi connectivity index (χ4v) is 1.59. The second kappa shape index (κ2) is 4.87. The van der Waals surface area contributed by atoms with E-state index in [4.69, 9.17) is 14.2 Å². The van der Waals surface area contributed by atoms with Gasteiger partial charge in [-0.25, -0.2) is 4.98 Å². The fourth-order valence-electron chi connectivity index (χ4n) is 1.59. The van der Waals surface area contributed by atoms with Crippen molar-refractivity contribution in [2.75, 3.05) is 13.2 Å². The monoisotopic (exact) mass is 254 g/mol. The molecule has 2 heterocycles. The van der Waals surface area contributed by atoms with Crippen LogP contribution in [0.2, 0.25) is 0 Å². The van der Waals surface area contributed by atoms with Crippen molar-refractivity contribution >= 4 is 5.69 Å². The minimum Gasteiger partial charge on any atom is -0.475 e. The molecule has 1 atom stereocenters. The summed E-state index contributed by atoms with van der Waals surface area (Å²) in [5, 5.41) is 10.4. The van der Waals surface area contributed by atoms with E-state index in [-0.39, 0.29) is 11.8 Å². The average molecular weight is 254 g/mol. The third-order valence-electron chi connectivity index (χ3n) is 2.42. The second-order valence-corrected chi connectivity index (χ2v) is 4.37. The normalized spacial score (nSPS) is 21.8. The van der Waals surface area contributed by atoms with Crippen molar-refractivity contribution in [1.82, 2.24) is 4.98 Å². The van der Waals surface area contributed by atoms with Crippen LogP contribution in [-0.2, 0) is 9.47 Å². The van der Waals surface area contributed by atoms with E-state index in [2.05, 4.69) is 4.98 Å². The summed E-state index contributed by atoms with van der Waals surface area (Å²) < 4.78 is 16.3. The van der Waals surface area contributed by atoms with Crippen LogP contribution in [0.4, 0.5) is 5.69 Å². The Morgan fingerprint density at radius 1 is 1.61 bits per heavy atom. The molecule has 1 fully saturated rings. The van der Waals surface area contributed by atoms with Crippen molar-refractivity contribution in [3.63, 3.8) is 0 Å². The molecule has 0 aromatic carbocycles. The number of rotatable bonds is 4. The standard InChI is InChI=1S/C11H14N2O5/c1-11(2)17-7-9(18-11)6-16-10-4-3-8(5-12-10)13(14)15/h3-5,9H,6-7H2,1-2H3/t9-/m1/s1. The summed E-state index contributed by atoms with van der Waals surface area (Å²) in [6.07, 6.45) is 1.00. The highest BCUT2D eigenvalue weighted by atomic mass is 16.7. The van der Waals surface area contributed by atoms with Gasteiger partial charge in [0.25, 0.3) is 5.69 Å². The Morgan fingerprint density at radius 3 is 2.89 bits per heavy atom. The first kappa shape index (κ1) is 12.7. The maximum absolute atomic E-state index is 10.4. The van der Waals surface area contributed by atoms with Crippen LogP contribution >= 0.6 is 0 Å². The van der Waals surface area contributed by atoms with Gasteiger partial charge in [0, 0.05) is 12.1 Å². The van der Waals surface area contributed by atoms with Crippen LogP contribution in [0.1, 0.15) is 13.8 Å². The topological polar surface area (TPSA) is 83.7 Å². The van der Waals surface area contributed by atoms with Crippen molar-refractivity contribution in [3.8, 4) is 5.88 Å². The lowest BCUT2D eigenvalue weighted by Gasteiger charge is -2.17. The Hall–Kier alpha value is -1.73. The quantitative estimate of drug-likeness (QED) is 0.598. The third-order valence-corrected chi connectivity index (χ3v) is 2.42. The van der Waals surface area contributed by atoms with Crippen LogP contribution in [0.25, 0.3) is 0 Å². The first-order valence-electron chi connectivity index (χ1n) is 5.51. The summed E-state index contributed by atoms with van der Waals surface area (Å²) in [4.78, 5) is 13.8. The summed E-state index contributed by atoms with van der Waals surface area (Å²) >= 11 is 0. The Morgan fingerprint density at radius 2 is 2.39 bits per heavy atom. The zero-order valence-corrected chi connectivity index (χ0v) is 10.2. The molecule has 0 N–H and O–H groups in total. The van der Waals surface area contributed by atoms with Crippen molar-refractivity contribution in [1.29, 1.82) is 0 Å².